The molecule has 5 nitrogen and oxygen atoms in total. The molecule has 0 aliphatic rings. The van der Waals surface area contributed by atoms with Crippen LogP contribution >= 0.6 is 11.6 Å². The lowest BCUT2D eigenvalue weighted by Crippen LogP contribution is -2.24. The third-order valence-electron chi connectivity index (χ3n) is 3.63. The molecule has 25 heavy (non-hydrogen) atoms. The van der Waals surface area contributed by atoms with E-state index in [1.165, 1.54) is 0 Å². The highest BCUT2D eigenvalue weighted by Gasteiger charge is 2.12. The molecule has 1 aromatic carbocycles. The lowest BCUT2D eigenvalue weighted by molar-refractivity contribution is 0.0951. The van der Waals surface area contributed by atoms with Crippen molar-refractivity contribution in [2.24, 2.45) is 0 Å². The highest BCUT2D eigenvalue weighted by Crippen LogP contribution is 2.15. The van der Waals surface area contributed by atoms with Crippen LogP contribution in [0.2, 0.25) is 5.15 Å². The Morgan fingerprint density at radius 1 is 0.920 bits per heavy atom. The van der Waals surface area contributed by atoms with E-state index < -0.39 is 0 Å². The van der Waals surface area contributed by atoms with E-state index in [1.54, 1.807) is 30.6 Å². The van der Waals surface area contributed by atoms with Crippen molar-refractivity contribution in [2.45, 2.75) is 13.1 Å². The number of halogens is 1. The Balaban J connectivity index is 1.67. The Bertz CT molecular complexity index is 855. The maximum Gasteiger partial charge on any atom is 0.255 e. The number of nitrogens with zero attached hydrogens (tertiary/aromatic N) is 2. The second kappa shape index (κ2) is 8.26. The summed E-state index contributed by atoms with van der Waals surface area (Å²) in [6, 6.07) is 17.0. The molecule has 0 fully saturated rings. The predicted molar refractivity (Wildman–Crippen MR) is 98.4 cm³/mol. The van der Waals surface area contributed by atoms with Crippen LogP contribution in [0.4, 0.5) is 5.82 Å². The van der Waals surface area contributed by atoms with E-state index in [0.717, 1.165) is 11.1 Å². The van der Waals surface area contributed by atoms with Crippen LogP contribution in [0, 0.1) is 0 Å². The molecular formula is C19H17ClN4O. The number of amides is 1. The van der Waals surface area contributed by atoms with Gasteiger partial charge in [0.1, 0.15) is 11.0 Å². The highest BCUT2D eigenvalue weighted by atomic mass is 35.5. The van der Waals surface area contributed by atoms with Crippen LogP contribution < -0.4 is 10.6 Å². The normalized spacial score (nSPS) is 10.3. The van der Waals surface area contributed by atoms with Crippen LogP contribution in [0.25, 0.3) is 0 Å². The summed E-state index contributed by atoms with van der Waals surface area (Å²) in [5.41, 5.74) is 2.36. The number of carbonyl (C=O) groups excluding carboxylic acids is 1. The SMILES string of the molecule is O=C(NCc1cccnc1Cl)c1cccnc1NCc1ccccc1. The maximum atomic E-state index is 12.5. The Morgan fingerprint density at radius 2 is 1.68 bits per heavy atom. The average Bonchev–Trinajstić information content (AvgIpc) is 2.66. The number of benzene rings is 1. The quantitative estimate of drug-likeness (QED) is 0.664. The molecule has 0 radical (unpaired) electrons. The molecule has 6 heteroatoms. The number of rotatable bonds is 6. The minimum Gasteiger partial charge on any atom is -0.365 e. The maximum absolute atomic E-state index is 12.5. The van der Waals surface area contributed by atoms with E-state index >= 15 is 0 Å². The fourth-order valence-electron chi connectivity index (χ4n) is 2.33. The summed E-state index contributed by atoms with van der Waals surface area (Å²) in [4.78, 5) is 20.8. The van der Waals surface area contributed by atoms with E-state index in [9.17, 15) is 4.79 Å². The van der Waals surface area contributed by atoms with Crippen LogP contribution in [-0.2, 0) is 13.1 Å². The van der Waals surface area contributed by atoms with E-state index in [4.69, 9.17) is 11.6 Å². The van der Waals surface area contributed by atoms with E-state index in [-0.39, 0.29) is 5.91 Å². The highest BCUT2D eigenvalue weighted by molar-refractivity contribution is 6.30. The first-order chi connectivity index (χ1) is 12.2. The summed E-state index contributed by atoms with van der Waals surface area (Å²) in [5.74, 6) is 0.324. The first-order valence-electron chi connectivity index (χ1n) is 7.84. The first kappa shape index (κ1) is 16.9. The Labute approximate surface area is 151 Å². The van der Waals surface area contributed by atoms with E-state index in [0.29, 0.717) is 29.6 Å². The van der Waals surface area contributed by atoms with Gasteiger partial charge in [0, 0.05) is 31.0 Å². The van der Waals surface area contributed by atoms with Gasteiger partial charge >= 0.3 is 0 Å². The van der Waals surface area contributed by atoms with Crippen molar-refractivity contribution in [1.82, 2.24) is 15.3 Å². The van der Waals surface area contributed by atoms with Crippen molar-refractivity contribution >= 4 is 23.3 Å². The fourth-order valence-corrected chi connectivity index (χ4v) is 2.52. The van der Waals surface area contributed by atoms with Gasteiger partial charge in [-0.2, -0.15) is 0 Å². The third-order valence-corrected chi connectivity index (χ3v) is 3.97. The van der Waals surface area contributed by atoms with Gasteiger partial charge in [-0.15, -0.1) is 0 Å². The number of carbonyl (C=O) groups is 1. The molecule has 0 atom stereocenters. The molecule has 2 heterocycles. The first-order valence-corrected chi connectivity index (χ1v) is 8.22. The van der Waals surface area contributed by atoms with Crippen molar-refractivity contribution in [3.63, 3.8) is 0 Å². The van der Waals surface area contributed by atoms with Gasteiger partial charge < -0.3 is 10.6 Å². The summed E-state index contributed by atoms with van der Waals surface area (Å²) in [7, 11) is 0. The summed E-state index contributed by atoms with van der Waals surface area (Å²) < 4.78 is 0. The minimum absolute atomic E-state index is 0.219. The molecule has 0 unspecified atom stereocenters. The molecule has 0 saturated heterocycles. The van der Waals surface area contributed by atoms with Crippen molar-refractivity contribution < 1.29 is 4.79 Å². The van der Waals surface area contributed by atoms with E-state index in [2.05, 4.69) is 20.6 Å². The molecule has 2 N–H and O–H groups in total. The molecule has 0 bridgehead atoms. The summed E-state index contributed by atoms with van der Waals surface area (Å²) in [6.07, 6.45) is 3.27. The zero-order valence-corrected chi connectivity index (χ0v) is 14.2. The Hall–Kier alpha value is -2.92. The molecule has 2 aromatic heterocycles. The lowest BCUT2D eigenvalue weighted by Gasteiger charge is -2.11. The van der Waals surface area contributed by atoms with Gasteiger partial charge in [0.2, 0.25) is 0 Å². The number of nitrogens with one attached hydrogen (secondary N) is 2. The summed E-state index contributed by atoms with van der Waals surface area (Å²) in [6.45, 7) is 0.894. The molecule has 0 spiro atoms. The van der Waals surface area contributed by atoms with Gasteiger partial charge in [0.25, 0.3) is 5.91 Å². The number of pyridine rings is 2. The topological polar surface area (TPSA) is 66.9 Å². The van der Waals surface area contributed by atoms with Gasteiger partial charge in [-0.1, -0.05) is 48.0 Å². The molecule has 0 aliphatic heterocycles. The van der Waals surface area contributed by atoms with E-state index in [1.807, 2.05) is 36.4 Å². The van der Waals surface area contributed by atoms with Crippen LogP contribution in [0.3, 0.4) is 0 Å². The van der Waals surface area contributed by atoms with Crippen molar-refractivity contribution in [3.8, 4) is 0 Å². The third kappa shape index (κ3) is 4.55. The zero-order valence-electron chi connectivity index (χ0n) is 13.4. The standard InChI is InChI=1S/C19H17ClN4O/c20-17-15(8-4-10-21-17)13-24-19(25)16-9-5-11-22-18(16)23-12-14-6-2-1-3-7-14/h1-11H,12-13H2,(H,22,23)(H,24,25). The molecule has 126 valence electrons. The second-order valence-electron chi connectivity index (χ2n) is 5.37. The van der Waals surface area contributed by atoms with Crippen LogP contribution in [-0.4, -0.2) is 15.9 Å². The number of aromatic nitrogens is 2. The fraction of sp³-hybridized carbons (Fsp3) is 0.105. The number of hydrogen-bond acceptors (Lipinski definition) is 4. The molecule has 0 saturated carbocycles. The second-order valence-corrected chi connectivity index (χ2v) is 5.73. The van der Waals surface area contributed by atoms with Crippen LogP contribution in [0.5, 0.6) is 0 Å². The van der Waals surface area contributed by atoms with Gasteiger partial charge in [-0.3, -0.25) is 4.79 Å². The Morgan fingerprint density at radius 3 is 2.48 bits per heavy atom. The van der Waals surface area contributed by atoms with Gasteiger partial charge in [0.15, 0.2) is 0 Å². The van der Waals surface area contributed by atoms with Gasteiger partial charge in [-0.05, 0) is 23.8 Å². The molecule has 3 aromatic rings. The summed E-state index contributed by atoms with van der Waals surface area (Å²) >= 11 is 6.02. The lowest BCUT2D eigenvalue weighted by atomic mass is 10.2. The van der Waals surface area contributed by atoms with Crippen molar-refractivity contribution in [3.05, 3.63) is 88.8 Å². The predicted octanol–water partition coefficient (Wildman–Crippen LogP) is 3.67. The molecule has 0 aliphatic carbocycles. The Kier molecular flexibility index (Phi) is 5.59. The van der Waals surface area contributed by atoms with Crippen LogP contribution in [0.15, 0.2) is 67.0 Å². The van der Waals surface area contributed by atoms with Crippen molar-refractivity contribution in [1.29, 1.82) is 0 Å². The summed E-state index contributed by atoms with van der Waals surface area (Å²) in [5, 5.41) is 6.45. The number of hydrogen-bond donors (Lipinski definition) is 2. The average molecular weight is 353 g/mol. The largest absolute Gasteiger partial charge is 0.365 e. The molecular weight excluding hydrogens is 336 g/mol. The van der Waals surface area contributed by atoms with Crippen LogP contribution in [0.1, 0.15) is 21.5 Å². The smallest absolute Gasteiger partial charge is 0.255 e. The van der Waals surface area contributed by atoms with Gasteiger partial charge in [-0.25, -0.2) is 9.97 Å². The van der Waals surface area contributed by atoms with Gasteiger partial charge in [0.05, 0.1) is 5.56 Å². The van der Waals surface area contributed by atoms with Crippen molar-refractivity contribution in [2.75, 3.05) is 5.32 Å². The minimum atomic E-state index is -0.219. The molecule has 3 rings (SSSR count). The number of anilines is 1. The zero-order chi connectivity index (χ0) is 17.5. The monoisotopic (exact) mass is 352 g/mol. The molecule has 1 amide bonds.